The monoisotopic (exact) mass is 221 g/mol. The number of aryl methyl sites for hydroxylation is 2. The maximum Gasteiger partial charge on any atom is 0.0731 e. The summed E-state index contributed by atoms with van der Waals surface area (Å²) in [5.74, 6) is 0. The standard InChI is InChI=1S/C11H15N3S/c1-3-9-6-10(14(2)13-9)11(12)8-4-5-15-7-8/h4-7,11H,3,12H2,1-2H3. The summed E-state index contributed by atoms with van der Waals surface area (Å²) in [5.41, 5.74) is 9.50. The van der Waals surface area contributed by atoms with Gasteiger partial charge in [0.1, 0.15) is 0 Å². The van der Waals surface area contributed by atoms with Gasteiger partial charge in [0.25, 0.3) is 0 Å². The molecule has 0 spiro atoms. The zero-order valence-electron chi connectivity index (χ0n) is 8.97. The zero-order chi connectivity index (χ0) is 10.8. The SMILES string of the molecule is CCc1cc(C(N)c2ccsc2)n(C)n1. The van der Waals surface area contributed by atoms with Crippen LogP contribution in [0.4, 0.5) is 0 Å². The highest BCUT2D eigenvalue weighted by atomic mass is 32.1. The lowest BCUT2D eigenvalue weighted by molar-refractivity contribution is 0.667. The molecule has 15 heavy (non-hydrogen) atoms. The molecule has 0 aliphatic heterocycles. The first-order chi connectivity index (χ1) is 7.22. The smallest absolute Gasteiger partial charge is 0.0731 e. The predicted octanol–water partition coefficient (Wildman–Crippen LogP) is 2.09. The van der Waals surface area contributed by atoms with Crippen molar-refractivity contribution in [2.24, 2.45) is 12.8 Å². The molecule has 2 N–H and O–H groups in total. The molecule has 2 heterocycles. The summed E-state index contributed by atoms with van der Waals surface area (Å²) < 4.78 is 1.88. The fourth-order valence-corrected chi connectivity index (χ4v) is 2.33. The second kappa shape index (κ2) is 4.16. The van der Waals surface area contributed by atoms with E-state index in [-0.39, 0.29) is 6.04 Å². The van der Waals surface area contributed by atoms with Crippen LogP contribution in [0.3, 0.4) is 0 Å². The molecule has 0 aromatic carbocycles. The Morgan fingerprint density at radius 3 is 2.93 bits per heavy atom. The number of nitrogens with zero attached hydrogens (tertiary/aromatic N) is 2. The molecule has 0 aliphatic rings. The molecule has 0 saturated carbocycles. The van der Waals surface area contributed by atoms with Crippen LogP contribution in [-0.4, -0.2) is 9.78 Å². The molecule has 0 amide bonds. The van der Waals surface area contributed by atoms with Crippen molar-refractivity contribution in [1.82, 2.24) is 9.78 Å². The van der Waals surface area contributed by atoms with Gasteiger partial charge in [-0.25, -0.2) is 0 Å². The molecule has 0 radical (unpaired) electrons. The molecule has 0 fully saturated rings. The molecule has 3 nitrogen and oxygen atoms in total. The molecule has 2 aromatic heterocycles. The van der Waals surface area contributed by atoms with Crippen LogP contribution in [0.2, 0.25) is 0 Å². The number of rotatable bonds is 3. The highest BCUT2D eigenvalue weighted by molar-refractivity contribution is 7.07. The van der Waals surface area contributed by atoms with Gasteiger partial charge in [-0.2, -0.15) is 16.4 Å². The molecule has 2 aromatic rings. The minimum absolute atomic E-state index is 0.0611. The zero-order valence-corrected chi connectivity index (χ0v) is 9.79. The minimum atomic E-state index is -0.0611. The van der Waals surface area contributed by atoms with Gasteiger partial charge in [-0.15, -0.1) is 0 Å². The first-order valence-corrected chi connectivity index (χ1v) is 5.97. The molecule has 0 saturated heterocycles. The second-order valence-electron chi connectivity index (χ2n) is 3.57. The third-order valence-electron chi connectivity index (χ3n) is 2.55. The van der Waals surface area contributed by atoms with Crippen LogP contribution in [0, 0.1) is 0 Å². The van der Waals surface area contributed by atoms with Crippen molar-refractivity contribution in [2.75, 3.05) is 0 Å². The average Bonchev–Trinajstić information content (AvgIpc) is 2.85. The Hall–Kier alpha value is -1.13. The van der Waals surface area contributed by atoms with E-state index in [4.69, 9.17) is 5.73 Å². The van der Waals surface area contributed by atoms with Gasteiger partial charge < -0.3 is 5.73 Å². The second-order valence-corrected chi connectivity index (χ2v) is 4.35. The van der Waals surface area contributed by atoms with Crippen LogP contribution in [0.5, 0.6) is 0 Å². The maximum absolute atomic E-state index is 6.18. The van der Waals surface area contributed by atoms with Gasteiger partial charge in [-0.3, -0.25) is 4.68 Å². The number of aromatic nitrogens is 2. The van der Waals surface area contributed by atoms with Crippen LogP contribution >= 0.6 is 11.3 Å². The molecule has 1 unspecified atom stereocenters. The van der Waals surface area contributed by atoms with E-state index in [2.05, 4.69) is 29.5 Å². The summed E-state index contributed by atoms with van der Waals surface area (Å²) in [6.07, 6.45) is 0.949. The van der Waals surface area contributed by atoms with Gasteiger partial charge in [0, 0.05) is 7.05 Å². The lowest BCUT2D eigenvalue weighted by atomic mass is 10.1. The van der Waals surface area contributed by atoms with E-state index >= 15 is 0 Å². The molecule has 80 valence electrons. The van der Waals surface area contributed by atoms with E-state index in [1.165, 1.54) is 0 Å². The Kier molecular flexibility index (Phi) is 2.88. The quantitative estimate of drug-likeness (QED) is 0.862. The fourth-order valence-electron chi connectivity index (χ4n) is 1.63. The Morgan fingerprint density at radius 2 is 2.40 bits per heavy atom. The third-order valence-corrected chi connectivity index (χ3v) is 3.25. The van der Waals surface area contributed by atoms with E-state index in [0.29, 0.717) is 0 Å². The summed E-state index contributed by atoms with van der Waals surface area (Å²) in [7, 11) is 1.95. The van der Waals surface area contributed by atoms with Crippen molar-refractivity contribution >= 4 is 11.3 Å². The van der Waals surface area contributed by atoms with E-state index in [1.54, 1.807) is 11.3 Å². The first kappa shape index (κ1) is 10.4. The highest BCUT2D eigenvalue weighted by Gasteiger charge is 2.14. The van der Waals surface area contributed by atoms with E-state index in [0.717, 1.165) is 23.4 Å². The van der Waals surface area contributed by atoms with Crippen LogP contribution < -0.4 is 5.73 Å². The Labute approximate surface area is 93.5 Å². The van der Waals surface area contributed by atoms with Gasteiger partial charge in [-0.1, -0.05) is 6.92 Å². The molecule has 2 rings (SSSR count). The highest BCUT2D eigenvalue weighted by Crippen LogP contribution is 2.21. The number of thiophene rings is 1. The van der Waals surface area contributed by atoms with Gasteiger partial charge in [0.2, 0.25) is 0 Å². The van der Waals surface area contributed by atoms with Gasteiger partial charge in [0.15, 0.2) is 0 Å². The van der Waals surface area contributed by atoms with Gasteiger partial charge >= 0.3 is 0 Å². The summed E-state index contributed by atoms with van der Waals surface area (Å²) in [4.78, 5) is 0. The van der Waals surface area contributed by atoms with E-state index in [9.17, 15) is 0 Å². The van der Waals surface area contributed by atoms with Crippen molar-refractivity contribution in [1.29, 1.82) is 0 Å². The first-order valence-electron chi connectivity index (χ1n) is 5.03. The largest absolute Gasteiger partial charge is 0.319 e. The van der Waals surface area contributed by atoms with E-state index < -0.39 is 0 Å². The van der Waals surface area contributed by atoms with E-state index in [1.807, 2.05) is 17.1 Å². The molecular formula is C11H15N3S. The average molecular weight is 221 g/mol. The maximum atomic E-state index is 6.18. The number of hydrogen-bond acceptors (Lipinski definition) is 3. The van der Waals surface area contributed by atoms with Crippen molar-refractivity contribution in [3.8, 4) is 0 Å². The summed E-state index contributed by atoms with van der Waals surface area (Å²) in [6.45, 7) is 2.10. The minimum Gasteiger partial charge on any atom is -0.319 e. The molecule has 0 aliphatic carbocycles. The Morgan fingerprint density at radius 1 is 1.60 bits per heavy atom. The number of hydrogen-bond donors (Lipinski definition) is 1. The molecule has 4 heteroatoms. The molecule has 1 atom stereocenters. The van der Waals surface area contributed by atoms with Crippen molar-refractivity contribution in [2.45, 2.75) is 19.4 Å². The topological polar surface area (TPSA) is 43.8 Å². The van der Waals surface area contributed by atoms with Crippen molar-refractivity contribution in [3.05, 3.63) is 39.8 Å². The van der Waals surface area contributed by atoms with Crippen LogP contribution in [-0.2, 0) is 13.5 Å². The van der Waals surface area contributed by atoms with Crippen LogP contribution in [0.1, 0.15) is 29.9 Å². The Bertz CT molecular complexity index is 431. The summed E-state index contributed by atoms with van der Waals surface area (Å²) >= 11 is 1.67. The molecule has 0 bridgehead atoms. The fraction of sp³-hybridized carbons (Fsp3) is 0.364. The van der Waals surface area contributed by atoms with Crippen LogP contribution in [0.15, 0.2) is 22.9 Å². The summed E-state index contributed by atoms with van der Waals surface area (Å²) in [5, 5.41) is 8.53. The molecular weight excluding hydrogens is 206 g/mol. The normalized spacial score (nSPS) is 13.0. The van der Waals surface area contributed by atoms with Gasteiger partial charge in [-0.05, 0) is 34.9 Å². The van der Waals surface area contributed by atoms with Gasteiger partial charge in [0.05, 0.1) is 17.4 Å². The lowest BCUT2D eigenvalue weighted by Gasteiger charge is -2.09. The lowest BCUT2D eigenvalue weighted by Crippen LogP contribution is -2.15. The number of nitrogens with two attached hydrogens (primary N) is 1. The van der Waals surface area contributed by atoms with Crippen molar-refractivity contribution in [3.63, 3.8) is 0 Å². The van der Waals surface area contributed by atoms with Crippen molar-refractivity contribution < 1.29 is 0 Å². The Balaban J connectivity index is 2.33. The van der Waals surface area contributed by atoms with Crippen LogP contribution in [0.25, 0.3) is 0 Å². The summed E-state index contributed by atoms with van der Waals surface area (Å²) in [6, 6.07) is 4.09. The third kappa shape index (κ3) is 1.96. The predicted molar refractivity (Wildman–Crippen MR) is 62.9 cm³/mol.